The van der Waals surface area contributed by atoms with E-state index in [2.05, 4.69) is 10.6 Å². The summed E-state index contributed by atoms with van der Waals surface area (Å²) in [5, 5.41) is 6.20. The van der Waals surface area contributed by atoms with Gasteiger partial charge in [0, 0.05) is 24.1 Å². The Morgan fingerprint density at radius 2 is 1.93 bits per heavy atom. The fraction of sp³-hybridized carbons (Fsp3) is 0.409. The lowest BCUT2D eigenvalue weighted by atomic mass is 9.77. The number of fused-ring (bicyclic) bond motifs is 5. The van der Waals surface area contributed by atoms with Crippen molar-refractivity contribution >= 4 is 11.6 Å². The van der Waals surface area contributed by atoms with Crippen LogP contribution in [0.25, 0.3) is 0 Å². The van der Waals surface area contributed by atoms with Gasteiger partial charge in [-0.1, -0.05) is 38.1 Å². The molecule has 0 aromatic heterocycles. The van der Waals surface area contributed by atoms with Crippen molar-refractivity contribution in [1.82, 2.24) is 5.32 Å². The van der Waals surface area contributed by atoms with Gasteiger partial charge < -0.3 is 10.6 Å². The molecule has 1 aliphatic carbocycles. The molecular formula is C22H23F3N2O. The number of anilines is 1. The third kappa shape index (κ3) is 3.25. The van der Waals surface area contributed by atoms with E-state index in [1.807, 2.05) is 38.1 Å². The fourth-order valence-corrected chi connectivity index (χ4v) is 4.41. The molecule has 2 aliphatic rings. The highest BCUT2D eigenvalue weighted by atomic mass is 19.4. The van der Waals surface area contributed by atoms with Crippen LogP contribution in [0.3, 0.4) is 0 Å². The normalized spacial score (nSPS) is 22.9. The number of rotatable bonds is 3. The molecule has 3 nitrogen and oxygen atoms in total. The minimum absolute atomic E-state index is 0.0953. The molecule has 2 aromatic carbocycles. The fourth-order valence-electron chi connectivity index (χ4n) is 4.41. The van der Waals surface area contributed by atoms with E-state index in [1.165, 1.54) is 12.1 Å². The summed E-state index contributed by atoms with van der Waals surface area (Å²) < 4.78 is 39.9. The van der Waals surface area contributed by atoms with Gasteiger partial charge in [0.15, 0.2) is 0 Å². The van der Waals surface area contributed by atoms with Crippen LogP contribution in [0.1, 0.15) is 42.0 Å². The summed E-state index contributed by atoms with van der Waals surface area (Å²) in [6, 6.07) is 11.1. The molecule has 3 atom stereocenters. The third-order valence-electron chi connectivity index (χ3n) is 5.69. The first-order valence-corrected chi connectivity index (χ1v) is 9.59. The van der Waals surface area contributed by atoms with Gasteiger partial charge in [-0.25, -0.2) is 0 Å². The quantitative estimate of drug-likeness (QED) is 0.808. The number of benzene rings is 2. The molecule has 0 fully saturated rings. The largest absolute Gasteiger partial charge is 0.416 e. The number of hydrogen-bond donors (Lipinski definition) is 2. The Labute approximate surface area is 162 Å². The number of carbonyl (C=O) groups is 1. The Bertz CT molecular complexity index is 907. The summed E-state index contributed by atoms with van der Waals surface area (Å²) in [6.45, 7) is 4.62. The van der Waals surface area contributed by atoms with Gasteiger partial charge in [0.25, 0.3) is 0 Å². The van der Waals surface area contributed by atoms with Gasteiger partial charge in [0.05, 0.1) is 5.56 Å². The molecule has 1 amide bonds. The minimum atomic E-state index is -4.39. The second-order valence-electron chi connectivity index (χ2n) is 8.11. The van der Waals surface area contributed by atoms with Crippen molar-refractivity contribution in [3.63, 3.8) is 0 Å². The van der Waals surface area contributed by atoms with Crippen LogP contribution in [0.15, 0.2) is 42.5 Å². The van der Waals surface area contributed by atoms with Crippen molar-refractivity contribution in [2.75, 3.05) is 11.9 Å². The Balaban J connectivity index is 1.77. The second kappa shape index (κ2) is 6.83. The number of carbonyl (C=O) groups excluding carboxylic acids is 1. The van der Waals surface area contributed by atoms with E-state index in [9.17, 15) is 18.0 Å². The minimum Gasteiger partial charge on any atom is -0.373 e. The first kappa shape index (κ1) is 18.8. The SMILES string of the molecule is CC(C)CNC(=O)C1Nc2ccc(C(F)(F)F)cc2C2c3ccccc3CC12. The van der Waals surface area contributed by atoms with Gasteiger partial charge in [0.1, 0.15) is 6.04 Å². The standard InChI is InChI=1S/C22H23F3N2O/c1-12(2)11-26-21(28)20-17-9-13-5-3-4-6-15(13)19(17)16-10-14(22(23,24)25)7-8-18(16)27-20/h3-8,10,12,17,19-20,27H,9,11H2,1-2H3,(H,26,28). The first-order valence-electron chi connectivity index (χ1n) is 9.59. The maximum absolute atomic E-state index is 13.3. The molecule has 2 aromatic rings. The smallest absolute Gasteiger partial charge is 0.373 e. The van der Waals surface area contributed by atoms with E-state index >= 15 is 0 Å². The van der Waals surface area contributed by atoms with E-state index in [0.717, 1.165) is 17.2 Å². The van der Waals surface area contributed by atoms with Crippen LogP contribution in [0.4, 0.5) is 18.9 Å². The number of nitrogens with one attached hydrogen (secondary N) is 2. The van der Waals surface area contributed by atoms with Crippen LogP contribution in [-0.4, -0.2) is 18.5 Å². The van der Waals surface area contributed by atoms with Crippen LogP contribution in [-0.2, 0) is 17.4 Å². The molecule has 0 radical (unpaired) electrons. The maximum atomic E-state index is 13.3. The van der Waals surface area contributed by atoms with Gasteiger partial charge >= 0.3 is 6.18 Å². The van der Waals surface area contributed by atoms with Gasteiger partial charge in [-0.2, -0.15) is 13.2 Å². The summed E-state index contributed by atoms with van der Waals surface area (Å²) in [4.78, 5) is 12.9. The maximum Gasteiger partial charge on any atom is 0.416 e. The monoisotopic (exact) mass is 388 g/mol. The number of halogens is 3. The second-order valence-corrected chi connectivity index (χ2v) is 8.11. The number of hydrogen-bond acceptors (Lipinski definition) is 2. The van der Waals surface area contributed by atoms with E-state index in [0.29, 0.717) is 30.1 Å². The lowest BCUT2D eigenvalue weighted by molar-refractivity contribution is -0.137. The third-order valence-corrected chi connectivity index (χ3v) is 5.69. The molecule has 0 bridgehead atoms. The molecule has 4 rings (SSSR count). The van der Waals surface area contributed by atoms with Gasteiger partial charge in [-0.3, -0.25) is 4.79 Å². The van der Waals surface area contributed by atoms with Crippen molar-refractivity contribution in [3.05, 3.63) is 64.7 Å². The lowest BCUT2D eigenvalue weighted by Gasteiger charge is -2.37. The van der Waals surface area contributed by atoms with Crippen LogP contribution < -0.4 is 10.6 Å². The Hall–Kier alpha value is -2.50. The zero-order valence-corrected chi connectivity index (χ0v) is 15.8. The van der Waals surface area contributed by atoms with Gasteiger partial charge in [0.2, 0.25) is 5.91 Å². The highest BCUT2D eigenvalue weighted by Crippen LogP contribution is 2.50. The summed E-state index contributed by atoms with van der Waals surface area (Å²) in [5.41, 5.74) is 2.70. The van der Waals surface area contributed by atoms with Crippen LogP contribution in [0.2, 0.25) is 0 Å². The molecule has 28 heavy (non-hydrogen) atoms. The average Bonchev–Trinajstić information content (AvgIpc) is 3.04. The van der Waals surface area contributed by atoms with Crippen molar-refractivity contribution in [2.45, 2.75) is 38.4 Å². The van der Waals surface area contributed by atoms with Gasteiger partial charge in [-0.15, -0.1) is 0 Å². The average molecular weight is 388 g/mol. The summed E-state index contributed by atoms with van der Waals surface area (Å²) in [5.74, 6) is -0.0992. The molecule has 2 N–H and O–H groups in total. The Morgan fingerprint density at radius 1 is 1.18 bits per heavy atom. The van der Waals surface area contributed by atoms with E-state index in [-0.39, 0.29) is 17.7 Å². The predicted molar refractivity (Wildman–Crippen MR) is 102 cm³/mol. The first-order chi connectivity index (χ1) is 13.3. The molecule has 0 saturated heterocycles. The van der Waals surface area contributed by atoms with E-state index in [1.54, 1.807) is 0 Å². The van der Waals surface area contributed by atoms with Gasteiger partial charge in [-0.05, 0) is 47.2 Å². The zero-order valence-electron chi connectivity index (χ0n) is 15.8. The van der Waals surface area contributed by atoms with Crippen molar-refractivity contribution in [3.8, 4) is 0 Å². The van der Waals surface area contributed by atoms with Crippen LogP contribution in [0, 0.1) is 11.8 Å². The van der Waals surface area contributed by atoms with Crippen molar-refractivity contribution < 1.29 is 18.0 Å². The molecule has 1 aliphatic heterocycles. The number of amides is 1. The molecule has 1 heterocycles. The zero-order chi connectivity index (χ0) is 20.1. The Kier molecular flexibility index (Phi) is 4.60. The summed E-state index contributed by atoms with van der Waals surface area (Å²) in [6.07, 6.45) is -3.72. The van der Waals surface area contributed by atoms with Crippen LogP contribution in [0.5, 0.6) is 0 Å². The predicted octanol–water partition coefficient (Wildman–Crippen LogP) is 4.58. The molecular weight excluding hydrogens is 365 g/mol. The van der Waals surface area contributed by atoms with Crippen molar-refractivity contribution in [2.24, 2.45) is 11.8 Å². The highest BCUT2D eigenvalue weighted by molar-refractivity contribution is 5.87. The molecule has 148 valence electrons. The van der Waals surface area contributed by atoms with E-state index in [4.69, 9.17) is 0 Å². The molecule has 0 spiro atoms. The van der Waals surface area contributed by atoms with E-state index < -0.39 is 17.8 Å². The molecule has 6 heteroatoms. The van der Waals surface area contributed by atoms with Crippen LogP contribution >= 0.6 is 0 Å². The number of alkyl halides is 3. The Morgan fingerprint density at radius 3 is 2.64 bits per heavy atom. The summed E-state index contributed by atoms with van der Waals surface area (Å²) >= 11 is 0. The molecule has 0 saturated carbocycles. The summed E-state index contributed by atoms with van der Waals surface area (Å²) in [7, 11) is 0. The highest BCUT2D eigenvalue weighted by Gasteiger charge is 2.46. The lowest BCUT2D eigenvalue weighted by Crippen LogP contribution is -2.49. The molecule has 3 unspecified atom stereocenters. The topological polar surface area (TPSA) is 41.1 Å². The van der Waals surface area contributed by atoms with Crippen molar-refractivity contribution in [1.29, 1.82) is 0 Å².